The van der Waals surface area contributed by atoms with Gasteiger partial charge >= 0.3 is 0 Å². The minimum Gasteiger partial charge on any atom is -0.396 e. The number of rotatable bonds is 10. The Hall–Kier alpha value is -1.24. The van der Waals surface area contributed by atoms with Gasteiger partial charge in [0.2, 0.25) is 0 Å². The molecule has 0 amide bonds. The van der Waals surface area contributed by atoms with E-state index >= 15 is 0 Å². The van der Waals surface area contributed by atoms with Crippen molar-refractivity contribution in [3.05, 3.63) is 23.3 Å². The van der Waals surface area contributed by atoms with Crippen LogP contribution in [0.4, 0.5) is 0 Å². The highest BCUT2D eigenvalue weighted by molar-refractivity contribution is 5.47. The lowest BCUT2D eigenvalue weighted by Gasteiger charge is -2.70. The Morgan fingerprint density at radius 2 is 1.29 bits per heavy atom. The van der Waals surface area contributed by atoms with E-state index in [2.05, 4.69) is 46.8 Å². The van der Waals surface area contributed by atoms with E-state index in [9.17, 15) is 61.3 Å². The molecule has 12 N–H and O–H groups in total. The van der Waals surface area contributed by atoms with Gasteiger partial charge in [0.05, 0.1) is 44.7 Å². The number of ether oxygens (including phenoxy) is 6. The molecule has 3 heterocycles. The zero-order chi connectivity index (χ0) is 48.3. The number of fused-ring (bicyclic) bond motifs is 6. The molecule has 3 saturated carbocycles. The molecule has 5 aliphatic carbocycles. The van der Waals surface area contributed by atoms with Gasteiger partial charge in [-0.15, -0.1) is 0 Å². The van der Waals surface area contributed by atoms with E-state index in [1.54, 1.807) is 0 Å². The van der Waals surface area contributed by atoms with Crippen molar-refractivity contribution in [3.63, 3.8) is 0 Å². The lowest BCUT2D eigenvalue weighted by molar-refractivity contribution is -0.374. The smallest absolute Gasteiger partial charge is 0.187 e. The fourth-order valence-corrected chi connectivity index (χ4v) is 14.4. The van der Waals surface area contributed by atoms with Crippen LogP contribution in [0.25, 0.3) is 0 Å². The van der Waals surface area contributed by atoms with Crippen molar-refractivity contribution in [1.29, 1.82) is 0 Å². The van der Waals surface area contributed by atoms with E-state index in [0.29, 0.717) is 19.3 Å². The second-order valence-corrected chi connectivity index (χ2v) is 23.1. The molecule has 378 valence electrons. The molecule has 8 rings (SSSR count). The normalized spacial score (nSPS) is 54.8. The summed E-state index contributed by atoms with van der Waals surface area (Å²) in [6.45, 7) is 13.3. The van der Waals surface area contributed by atoms with Crippen LogP contribution in [0.3, 0.4) is 0 Å². The number of aliphatic hydroxyl groups excluding tert-OH is 12. The van der Waals surface area contributed by atoms with Gasteiger partial charge in [0.25, 0.3) is 0 Å². The molecule has 3 aliphatic heterocycles. The molecule has 18 nitrogen and oxygen atoms in total. The topological polar surface area (TPSA) is 298 Å². The summed E-state index contributed by atoms with van der Waals surface area (Å²) in [7, 11) is 0. The largest absolute Gasteiger partial charge is 0.396 e. The summed E-state index contributed by atoms with van der Waals surface area (Å²) in [6, 6.07) is 0. The van der Waals surface area contributed by atoms with Crippen LogP contribution >= 0.6 is 0 Å². The van der Waals surface area contributed by atoms with Crippen molar-refractivity contribution in [3.8, 4) is 0 Å². The molecule has 0 aromatic carbocycles. The Morgan fingerprint density at radius 3 is 1.95 bits per heavy atom. The van der Waals surface area contributed by atoms with E-state index in [1.165, 1.54) is 18.1 Å². The zero-order valence-corrected chi connectivity index (χ0v) is 39.4. The first-order chi connectivity index (χ1) is 30.9. The molecular weight excluding hydrogens is 865 g/mol. The minimum absolute atomic E-state index is 0.0333. The Kier molecular flexibility index (Phi) is 14.0. The SMILES string of the molecule is C[C@@H]1O[C@@H](O[C@H]2[C@H](O)[C@@H](O)[C@H](O[C@H]3CC[C@@]4(C)[C@@H](CC[C@]5(C)[C@@H]4C=CC4=C6CC(C)(C)CC[C@]6(CO)[C@@H](O)C[C@]45C)[C@]3(C)CO)O[C@@H]2CO[C@@H]2O[C@H](CO)[C@@H](O)[C@H](O)[C@H]2O)[C@H](O)[C@H](O)[C@H]1O. The number of hydrogen-bond acceptors (Lipinski definition) is 18. The molecule has 66 heavy (non-hydrogen) atoms. The molecule has 6 fully saturated rings. The third-order valence-electron chi connectivity index (χ3n) is 18.9. The van der Waals surface area contributed by atoms with E-state index in [-0.39, 0.29) is 46.7 Å². The molecule has 0 radical (unpaired) electrons. The average Bonchev–Trinajstić information content (AvgIpc) is 3.27. The summed E-state index contributed by atoms with van der Waals surface area (Å²) in [5, 5.41) is 131. The highest BCUT2D eigenvalue weighted by atomic mass is 16.8. The highest BCUT2D eigenvalue weighted by Gasteiger charge is 2.69. The predicted octanol–water partition coefficient (Wildman–Crippen LogP) is -0.495. The molecule has 0 spiro atoms. The van der Waals surface area contributed by atoms with Crippen molar-refractivity contribution in [1.82, 2.24) is 0 Å². The Bertz CT molecular complexity index is 1810. The van der Waals surface area contributed by atoms with E-state index < -0.39 is 128 Å². The minimum atomic E-state index is -1.81. The number of aliphatic hydroxyl groups is 12. The molecular formula is C48H78O18. The Morgan fingerprint density at radius 1 is 0.652 bits per heavy atom. The van der Waals surface area contributed by atoms with Crippen LogP contribution in [0.5, 0.6) is 0 Å². The Balaban J connectivity index is 1.06. The third-order valence-corrected chi connectivity index (χ3v) is 18.9. The second kappa shape index (κ2) is 18.1. The van der Waals surface area contributed by atoms with Gasteiger partial charge in [0.1, 0.15) is 67.1 Å². The van der Waals surface area contributed by atoms with Crippen LogP contribution in [0.1, 0.15) is 99.8 Å². The first kappa shape index (κ1) is 51.1. The molecule has 18 heteroatoms. The fraction of sp³-hybridized carbons (Fsp3) is 0.917. The van der Waals surface area contributed by atoms with E-state index in [4.69, 9.17) is 28.4 Å². The molecule has 24 atom stereocenters. The highest BCUT2D eigenvalue weighted by Crippen LogP contribution is 2.74. The summed E-state index contributed by atoms with van der Waals surface area (Å²) in [6.07, 6.45) is -14.9. The maximum atomic E-state index is 12.1. The summed E-state index contributed by atoms with van der Waals surface area (Å²) in [5.74, 6) is -0.0380. The van der Waals surface area contributed by atoms with Gasteiger partial charge in [-0.05, 0) is 91.9 Å². The number of hydrogen-bond donors (Lipinski definition) is 12. The van der Waals surface area contributed by atoms with E-state index in [1.807, 2.05) is 6.92 Å². The monoisotopic (exact) mass is 943 g/mol. The molecule has 0 bridgehead atoms. The molecule has 3 saturated heterocycles. The molecule has 0 unspecified atom stereocenters. The quantitative estimate of drug-likeness (QED) is 0.123. The summed E-state index contributed by atoms with van der Waals surface area (Å²) in [4.78, 5) is 0. The maximum Gasteiger partial charge on any atom is 0.187 e. The number of allylic oxidation sites excluding steroid dienone is 3. The van der Waals surface area contributed by atoms with Crippen LogP contribution in [-0.2, 0) is 28.4 Å². The van der Waals surface area contributed by atoms with Crippen LogP contribution in [-0.4, -0.2) is 192 Å². The second-order valence-electron chi connectivity index (χ2n) is 23.1. The first-order valence-corrected chi connectivity index (χ1v) is 24.1. The lowest BCUT2D eigenvalue weighted by Crippen LogP contribution is -2.67. The summed E-state index contributed by atoms with van der Waals surface area (Å²) in [5.41, 5.74) is -0.0774. The molecule has 8 aliphatic rings. The van der Waals surface area contributed by atoms with Crippen molar-refractivity contribution >= 4 is 0 Å². The first-order valence-electron chi connectivity index (χ1n) is 24.1. The van der Waals surface area contributed by atoms with Gasteiger partial charge in [-0.25, -0.2) is 0 Å². The molecule has 0 aromatic rings. The van der Waals surface area contributed by atoms with Crippen molar-refractivity contribution < 1.29 is 89.7 Å². The predicted molar refractivity (Wildman–Crippen MR) is 231 cm³/mol. The van der Waals surface area contributed by atoms with Gasteiger partial charge in [-0.1, -0.05) is 59.3 Å². The summed E-state index contributed by atoms with van der Waals surface area (Å²) >= 11 is 0. The van der Waals surface area contributed by atoms with Gasteiger partial charge < -0.3 is 89.7 Å². The van der Waals surface area contributed by atoms with Crippen molar-refractivity contribution in [2.24, 2.45) is 44.3 Å². The van der Waals surface area contributed by atoms with Gasteiger partial charge in [0.15, 0.2) is 18.9 Å². The van der Waals surface area contributed by atoms with Crippen LogP contribution in [0.2, 0.25) is 0 Å². The summed E-state index contributed by atoms with van der Waals surface area (Å²) < 4.78 is 36.1. The third kappa shape index (κ3) is 7.84. The van der Waals surface area contributed by atoms with Crippen LogP contribution in [0.15, 0.2) is 23.3 Å². The van der Waals surface area contributed by atoms with E-state index in [0.717, 1.165) is 32.1 Å². The lowest BCUT2D eigenvalue weighted by atomic mass is 9.35. The maximum absolute atomic E-state index is 12.1. The standard InChI is InChI=1S/C48H78O18/c1-22-31(53)33(55)37(59)41(62-22)66-39-26(19-61-40-36(58)34(56)32(54)25(18-49)63-40)64-42(38(60)35(39)57)65-30-11-12-44(4)27(45(30,5)20-50)10-13-46(6)28(44)9-8-23-24-16-43(2,3)14-15-48(24,21-51)29(52)17-47(23,46)7/h8-9,22,25-42,49-60H,10-21H2,1-7H3/t22-,25+,26+,27+,28+,29-,30-,31-,32+,33+,34-,35+,36+,37+,38+,39+,40+,41-,42-,44-,45-,46+,47+,48+/m0/s1. The van der Waals surface area contributed by atoms with Gasteiger partial charge in [-0.3, -0.25) is 0 Å². The van der Waals surface area contributed by atoms with Crippen LogP contribution in [0, 0.1) is 44.3 Å². The zero-order valence-electron chi connectivity index (χ0n) is 39.4. The van der Waals surface area contributed by atoms with Crippen LogP contribution < -0.4 is 0 Å². The van der Waals surface area contributed by atoms with Crippen molar-refractivity contribution in [2.75, 3.05) is 26.4 Å². The van der Waals surface area contributed by atoms with Gasteiger partial charge in [-0.2, -0.15) is 0 Å². The van der Waals surface area contributed by atoms with Crippen molar-refractivity contribution in [2.45, 2.75) is 204 Å². The van der Waals surface area contributed by atoms with Gasteiger partial charge in [0, 0.05) is 16.2 Å². The fourth-order valence-electron chi connectivity index (χ4n) is 14.4. The Labute approximate surface area is 387 Å². The molecule has 0 aromatic heterocycles. The average molecular weight is 943 g/mol.